The van der Waals surface area contributed by atoms with Crippen LogP contribution in [-0.4, -0.2) is 13.4 Å². The number of hydrogen-bond acceptors (Lipinski definition) is 3. The van der Waals surface area contributed by atoms with Crippen LogP contribution in [-0.2, 0) is 0 Å². The molecule has 22 heavy (non-hydrogen) atoms. The lowest BCUT2D eigenvalue weighted by molar-refractivity contribution is 0.112. The largest absolute Gasteiger partial charge is 0.493 e. The molecular formula is C19H16O3. The van der Waals surface area contributed by atoms with Crippen LogP contribution in [0.3, 0.4) is 0 Å². The van der Waals surface area contributed by atoms with Gasteiger partial charge in [0.2, 0.25) is 0 Å². The van der Waals surface area contributed by atoms with Gasteiger partial charge in [-0.15, -0.1) is 0 Å². The Hall–Kier alpha value is -2.81. The summed E-state index contributed by atoms with van der Waals surface area (Å²) in [6.07, 6.45) is 4.84. The standard InChI is InChI=1S/C19H16O3/c1-13-16(9-8-14-6-4-3-5-7-14)17-10-15(12-20)11-18(21-2)19(17)22-13/h3-12H,1-2H3/b9-8+. The summed E-state index contributed by atoms with van der Waals surface area (Å²) in [7, 11) is 1.57. The van der Waals surface area contributed by atoms with E-state index in [1.807, 2.05) is 55.5 Å². The molecule has 0 aliphatic carbocycles. The molecule has 0 saturated heterocycles. The normalized spacial score (nSPS) is 11.2. The first-order valence-electron chi connectivity index (χ1n) is 7.02. The highest BCUT2D eigenvalue weighted by molar-refractivity contribution is 5.97. The van der Waals surface area contributed by atoms with Crippen LogP contribution < -0.4 is 4.74 Å². The minimum absolute atomic E-state index is 0.569. The Balaban J connectivity index is 2.15. The number of hydrogen-bond donors (Lipinski definition) is 0. The zero-order chi connectivity index (χ0) is 15.5. The van der Waals surface area contributed by atoms with Gasteiger partial charge in [0.1, 0.15) is 12.0 Å². The zero-order valence-corrected chi connectivity index (χ0v) is 12.5. The molecule has 0 amide bonds. The summed E-state index contributed by atoms with van der Waals surface area (Å²) in [6.45, 7) is 1.91. The Labute approximate surface area is 128 Å². The lowest BCUT2D eigenvalue weighted by Crippen LogP contribution is -1.87. The summed E-state index contributed by atoms with van der Waals surface area (Å²) in [4.78, 5) is 11.1. The molecule has 1 aromatic heterocycles. The summed E-state index contributed by atoms with van der Waals surface area (Å²) in [5.74, 6) is 1.37. The SMILES string of the molecule is COc1cc(C=O)cc2c(/C=C/c3ccccc3)c(C)oc12. The van der Waals surface area contributed by atoms with Crippen molar-refractivity contribution in [1.29, 1.82) is 0 Å². The summed E-state index contributed by atoms with van der Waals surface area (Å²) in [5.41, 5.74) is 3.30. The van der Waals surface area contributed by atoms with E-state index in [0.717, 1.165) is 28.6 Å². The second-order valence-corrected chi connectivity index (χ2v) is 5.03. The summed E-state index contributed by atoms with van der Waals surface area (Å²) >= 11 is 0. The highest BCUT2D eigenvalue weighted by Crippen LogP contribution is 2.34. The summed E-state index contributed by atoms with van der Waals surface area (Å²) in [6, 6.07) is 13.5. The quantitative estimate of drug-likeness (QED) is 0.652. The molecule has 3 heteroatoms. The zero-order valence-electron chi connectivity index (χ0n) is 12.5. The number of rotatable bonds is 4. The van der Waals surface area contributed by atoms with E-state index in [4.69, 9.17) is 9.15 Å². The molecule has 0 unspecified atom stereocenters. The fourth-order valence-corrected chi connectivity index (χ4v) is 2.50. The molecule has 2 aromatic carbocycles. The van der Waals surface area contributed by atoms with Gasteiger partial charge in [0.05, 0.1) is 7.11 Å². The lowest BCUT2D eigenvalue weighted by atomic mass is 10.1. The second-order valence-electron chi connectivity index (χ2n) is 5.03. The number of carbonyl (C=O) groups excluding carboxylic acids is 1. The molecule has 0 N–H and O–H groups in total. The second kappa shape index (κ2) is 5.90. The van der Waals surface area contributed by atoms with Gasteiger partial charge in [0.15, 0.2) is 11.3 Å². The van der Waals surface area contributed by atoms with Gasteiger partial charge in [-0.2, -0.15) is 0 Å². The summed E-state index contributed by atoms with van der Waals surface area (Å²) in [5, 5.41) is 0.881. The van der Waals surface area contributed by atoms with Crippen LogP contribution in [0, 0.1) is 6.92 Å². The van der Waals surface area contributed by atoms with E-state index in [0.29, 0.717) is 16.9 Å². The first-order valence-corrected chi connectivity index (χ1v) is 7.02. The molecule has 1 heterocycles. The number of furan rings is 1. The van der Waals surface area contributed by atoms with E-state index >= 15 is 0 Å². The van der Waals surface area contributed by atoms with E-state index in [-0.39, 0.29) is 0 Å². The predicted molar refractivity (Wildman–Crippen MR) is 88.3 cm³/mol. The van der Waals surface area contributed by atoms with Crippen molar-refractivity contribution >= 4 is 29.4 Å². The van der Waals surface area contributed by atoms with Crippen LogP contribution in [0.25, 0.3) is 23.1 Å². The molecule has 0 spiro atoms. The molecule has 3 nitrogen and oxygen atoms in total. The molecule has 0 aliphatic rings. The maximum Gasteiger partial charge on any atom is 0.176 e. The van der Waals surface area contributed by atoms with Crippen molar-refractivity contribution in [3.8, 4) is 5.75 Å². The maximum atomic E-state index is 11.1. The van der Waals surface area contributed by atoms with Crippen LogP contribution in [0.1, 0.15) is 27.2 Å². The van der Waals surface area contributed by atoms with Crippen LogP contribution in [0.5, 0.6) is 5.75 Å². The predicted octanol–water partition coefficient (Wildman–Crippen LogP) is 4.73. The van der Waals surface area contributed by atoms with Crippen molar-refractivity contribution in [2.24, 2.45) is 0 Å². The number of aryl methyl sites for hydroxylation is 1. The monoisotopic (exact) mass is 292 g/mol. The average molecular weight is 292 g/mol. The molecule has 0 aliphatic heterocycles. The number of carbonyl (C=O) groups is 1. The third-order valence-electron chi connectivity index (χ3n) is 3.60. The number of benzene rings is 2. The van der Waals surface area contributed by atoms with Crippen molar-refractivity contribution in [1.82, 2.24) is 0 Å². The lowest BCUT2D eigenvalue weighted by Gasteiger charge is -2.01. The van der Waals surface area contributed by atoms with E-state index in [1.54, 1.807) is 13.2 Å². The molecular weight excluding hydrogens is 276 g/mol. The third-order valence-corrected chi connectivity index (χ3v) is 3.60. The Morgan fingerprint density at radius 3 is 2.50 bits per heavy atom. The van der Waals surface area contributed by atoms with Gasteiger partial charge in [-0.3, -0.25) is 4.79 Å². The van der Waals surface area contributed by atoms with Gasteiger partial charge < -0.3 is 9.15 Å². The maximum absolute atomic E-state index is 11.1. The molecule has 3 rings (SSSR count). The van der Waals surface area contributed by atoms with Gasteiger partial charge in [-0.1, -0.05) is 42.5 Å². The number of fused-ring (bicyclic) bond motifs is 1. The number of ether oxygens (including phenoxy) is 1. The smallest absolute Gasteiger partial charge is 0.176 e. The molecule has 0 atom stereocenters. The van der Waals surface area contributed by atoms with Crippen molar-refractivity contribution < 1.29 is 13.9 Å². The van der Waals surface area contributed by atoms with Crippen LogP contribution in [0.4, 0.5) is 0 Å². The highest BCUT2D eigenvalue weighted by Gasteiger charge is 2.14. The van der Waals surface area contributed by atoms with Crippen LogP contribution >= 0.6 is 0 Å². The Bertz CT molecular complexity index is 842. The first kappa shape index (κ1) is 14.1. The molecule has 0 radical (unpaired) electrons. The molecule has 3 aromatic rings. The Morgan fingerprint density at radius 2 is 1.82 bits per heavy atom. The Kier molecular flexibility index (Phi) is 3.79. The van der Waals surface area contributed by atoms with Gasteiger partial charge in [-0.25, -0.2) is 0 Å². The van der Waals surface area contributed by atoms with Crippen molar-refractivity contribution in [2.75, 3.05) is 7.11 Å². The van der Waals surface area contributed by atoms with Gasteiger partial charge in [0, 0.05) is 16.5 Å². The fourth-order valence-electron chi connectivity index (χ4n) is 2.50. The molecule has 0 fully saturated rings. The fraction of sp³-hybridized carbons (Fsp3) is 0.105. The molecule has 0 bridgehead atoms. The minimum Gasteiger partial charge on any atom is -0.493 e. The summed E-state index contributed by atoms with van der Waals surface area (Å²) < 4.78 is 11.1. The highest BCUT2D eigenvalue weighted by atomic mass is 16.5. The Morgan fingerprint density at radius 1 is 1.05 bits per heavy atom. The molecule has 110 valence electrons. The van der Waals surface area contributed by atoms with Gasteiger partial charge in [-0.05, 0) is 24.6 Å². The number of aldehydes is 1. The van der Waals surface area contributed by atoms with Crippen LogP contribution in [0.15, 0.2) is 46.9 Å². The van der Waals surface area contributed by atoms with E-state index < -0.39 is 0 Å². The first-order chi connectivity index (χ1) is 10.7. The van der Waals surface area contributed by atoms with E-state index in [9.17, 15) is 4.79 Å². The van der Waals surface area contributed by atoms with E-state index in [2.05, 4.69) is 0 Å². The average Bonchev–Trinajstić information content (AvgIpc) is 2.88. The van der Waals surface area contributed by atoms with Crippen molar-refractivity contribution in [3.05, 3.63) is 64.9 Å². The third kappa shape index (κ3) is 2.53. The van der Waals surface area contributed by atoms with Gasteiger partial charge >= 0.3 is 0 Å². The van der Waals surface area contributed by atoms with Gasteiger partial charge in [0.25, 0.3) is 0 Å². The van der Waals surface area contributed by atoms with Crippen molar-refractivity contribution in [2.45, 2.75) is 6.92 Å². The van der Waals surface area contributed by atoms with Crippen LogP contribution in [0.2, 0.25) is 0 Å². The number of methoxy groups -OCH3 is 1. The minimum atomic E-state index is 0.569. The van der Waals surface area contributed by atoms with E-state index in [1.165, 1.54) is 0 Å². The topological polar surface area (TPSA) is 39.4 Å². The molecule has 0 saturated carbocycles. The van der Waals surface area contributed by atoms with Crippen molar-refractivity contribution in [3.63, 3.8) is 0 Å².